The Kier molecular flexibility index (Phi) is 2.15. The molecule has 17 heavy (non-hydrogen) atoms. The second-order valence-corrected chi connectivity index (χ2v) is 4.17. The van der Waals surface area contributed by atoms with Gasteiger partial charge in [-0.1, -0.05) is 0 Å². The number of hydrogen-bond donors (Lipinski definition) is 0. The molecule has 0 spiro atoms. The molecule has 1 fully saturated rings. The number of epoxide rings is 1. The van der Waals surface area contributed by atoms with Gasteiger partial charge in [0.05, 0.1) is 25.0 Å². The van der Waals surface area contributed by atoms with E-state index < -0.39 is 0 Å². The van der Waals surface area contributed by atoms with E-state index in [9.17, 15) is 4.79 Å². The van der Waals surface area contributed by atoms with Crippen molar-refractivity contribution < 1.29 is 4.74 Å². The first-order chi connectivity index (χ1) is 8.15. The number of rotatable bonds is 3. The Bertz CT molecular complexity index is 604. The third-order valence-corrected chi connectivity index (χ3v) is 2.73. The van der Waals surface area contributed by atoms with E-state index in [0.717, 1.165) is 5.69 Å². The van der Waals surface area contributed by atoms with Crippen molar-refractivity contribution in [1.82, 2.24) is 24.1 Å². The topological polar surface area (TPSA) is 70.2 Å². The zero-order chi connectivity index (χ0) is 12.0. The minimum absolute atomic E-state index is 0.143. The van der Waals surface area contributed by atoms with Crippen LogP contribution in [0.4, 0.5) is 0 Å². The van der Waals surface area contributed by atoms with Gasteiger partial charge in [-0.05, 0) is 6.92 Å². The quantitative estimate of drug-likeness (QED) is 0.671. The number of aromatic nitrogens is 5. The Morgan fingerprint density at radius 2 is 2.35 bits per heavy atom. The van der Waals surface area contributed by atoms with Gasteiger partial charge in [-0.15, -0.1) is 0 Å². The summed E-state index contributed by atoms with van der Waals surface area (Å²) < 4.78 is 9.75. The van der Waals surface area contributed by atoms with E-state index in [1.807, 2.05) is 7.05 Å². The smallest absolute Gasteiger partial charge is 0.350 e. The molecule has 2 aromatic heterocycles. The minimum atomic E-state index is -0.147. The van der Waals surface area contributed by atoms with Crippen molar-refractivity contribution in [3.8, 4) is 5.69 Å². The summed E-state index contributed by atoms with van der Waals surface area (Å²) in [5, 5.41) is 8.28. The molecule has 1 aliphatic rings. The Balaban J connectivity index is 2.04. The molecule has 0 aromatic carbocycles. The van der Waals surface area contributed by atoms with Crippen LogP contribution in [0.3, 0.4) is 0 Å². The van der Waals surface area contributed by atoms with Gasteiger partial charge in [0.2, 0.25) is 0 Å². The molecule has 2 aromatic rings. The van der Waals surface area contributed by atoms with Crippen LogP contribution >= 0.6 is 0 Å². The molecule has 0 radical (unpaired) electrons. The van der Waals surface area contributed by atoms with Crippen LogP contribution in [0.1, 0.15) is 5.82 Å². The van der Waals surface area contributed by atoms with Gasteiger partial charge in [0, 0.05) is 13.2 Å². The fourth-order valence-corrected chi connectivity index (χ4v) is 1.82. The first kappa shape index (κ1) is 10.3. The first-order valence-electron chi connectivity index (χ1n) is 5.42. The molecular weight excluding hydrogens is 222 g/mol. The van der Waals surface area contributed by atoms with Crippen LogP contribution in [0.2, 0.25) is 0 Å². The lowest BCUT2D eigenvalue weighted by Crippen LogP contribution is -2.25. The van der Waals surface area contributed by atoms with Crippen molar-refractivity contribution >= 4 is 0 Å². The number of aryl methyl sites for hydroxylation is 2. The highest BCUT2D eigenvalue weighted by atomic mass is 16.6. The molecule has 3 rings (SSSR count). The predicted molar refractivity (Wildman–Crippen MR) is 59.1 cm³/mol. The fraction of sp³-hybridized carbons (Fsp3) is 0.500. The van der Waals surface area contributed by atoms with E-state index in [1.165, 1.54) is 4.68 Å². The number of nitrogens with zero attached hydrogens (tertiary/aromatic N) is 5. The van der Waals surface area contributed by atoms with Crippen LogP contribution < -0.4 is 5.69 Å². The molecule has 0 amide bonds. The maximum Gasteiger partial charge on any atom is 0.350 e. The normalized spacial score (nSPS) is 18.6. The average Bonchev–Trinajstić information content (AvgIpc) is 2.92. The van der Waals surface area contributed by atoms with Crippen molar-refractivity contribution in [2.24, 2.45) is 7.05 Å². The highest BCUT2D eigenvalue weighted by Crippen LogP contribution is 2.11. The maximum absolute atomic E-state index is 12.1. The lowest BCUT2D eigenvalue weighted by molar-refractivity contribution is 0.369. The van der Waals surface area contributed by atoms with Crippen LogP contribution in [0.5, 0.6) is 0 Å². The fourth-order valence-electron chi connectivity index (χ4n) is 1.82. The summed E-state index contributed by atoms with van der Waals surface area (Å²) in [6, 6.07) is 0. The van der Waals surface area contributed by atoms with Crippen molar-refractivity contribution in [1.29, 1.82) is 0 Å². The van der Waals surface area contributed by atoms with E-state index in [0.29, 0.717) is 19.0 Å². The van der Waals surface area contributed by atoms with E-state index >= 15 is 0 Å². The molecule has 7 heteroatoms. The molecule has 1 atom stereocenters. The van der Waals surface area contributed by atoms with Gasteiger partial charge in [-0.3, -0.25) is 4.68 Å². The van der Waals surface area contributed by atoms with Crippen molar-refractivity contribution in [2.45, 2.75) is 19.6 Å². The lowest BCUT2D eigenvalue weighted by atomic mass is 10.5. The second kappa shape index (κ2) is 3.56. The predicted octanol–water partition coefficient (Wildman–Crippen LogP) is -0.525. The van der Waals surface area contributed by atoms with Crippen molar-refractivity contribution in [3.05, 3.63) is 28.7 Å². The summed E-state index contributed by atoms with van der Waals surface area (Å²) in [6.45, 7) is 3.04. The van der Waals surface area contributed by atoms with Crippen LogP contribution in [0.25, 0.3) is 5.69 Å². The van der Waals surface area contributed by atoms with Gasteiger partial charge in [-0.2, -0.15) is 10.2 Å². The summed E-state index contributed by atoms with van der Waals surface area (Å²) in [7, 11) is 1.81. The third-order valence-electron chi connectivity index (χ3n) is 2.73. The Morgan fingerprint density at radius 1 is 1.59 bits per heavy atom. The molecule has 7 nitrogen and oxygen atoms in total. The molecule has 0 aliphatic carbocycles. The van der Waals surface area contributed by atoms with Crippen molar-refractivity contribution in [3.63, 3.8) is 0 Å². The van der Waals surface area contributed by atoms with Gasteiger partial charge in [0.1, 0.15) is 11.9 Å². The van der Waals surface area contributed by atoms with Crippen LogP contribution in [-0.4, -0.2) is 36.8 Å². The van der Waals surface area contributed by atoms with Gasteiger partial charge >= 0.3 is 5.69 Å². The van der Waals surface area contributed by atoms with E-state index in [1.54, 1.807) is 28.6 Å². The number of hydrogen-bond acceptors (Lipinski definition) is 4. The average molecular weight is 235 g/mol. The Morgan fingerprint density at radius 3 is 2.94 bits per heavy atom. The SMILES string of the molecule is Cc1nn(CC2CO2)c(=O)n1-c1cnn(C)c1. The summed E-state index contributed by atoms with van der Waals surface area (Å²) in [5.41, 5.74) is 0.587. The van der Waals surface area contributed by atoms with Crippen molar-refractivity contribution in [2.75, 3.05) is 6.61 Å². The summed E-state index contributed by atoms with van der Waals surface area (Å²) in [4.78, 5) is 12.1. The molecule has 1 saturated heterocycles. The Hall–Kier alpha value is -1.89. The van der Waals surface area contributed by atoms with Gasteiger partial charge in [0.15, 0.2) is 0 Å². The summed E-state index contributed by atoms with van der Waals surface area (Å²) in [5.74, 6) is 0.656. The van der Waals surface area contributed by atoms with Crippen LogP contribution in [0, 0.1) is 6.92 Å². The maximum atomic E-state index is 12.1. The molecule has 1 aliphatic heterocycles. The number of ether oxygens (including phenoxy) is 1. The lowest BCUT2D eigenvalue weighted by Gasteiger charge is -1.96. The molecule has 1 unspecified atom stereocenters. The molecule has 3 heterocycles. The van der Waals surface area contributed by atoms with Crippen LogP contribution in [-0.2, 0) is 18.3 Å². The van der Waals surface area contributed by atoms with E-state index in [2.05, 4.69) is 10.2 Å². The van der Waals surface area contributed by atoms with Crippen LogP contribution in [0.15, 0.2) is 17.2 Å². The standard InChI is InChI=1S/C10H13N5O2/c1-7-12-14(5-9-6-17-9)10(16)15(7)8-3-11-13(2)4-8/h3-4,9H,5-6H2,1-2H3. The molecule has 0 bridgehead atoms. The summed E-state index contributed by atoms with van der Waals surface area (Å²) >= 11 is 0. The zero-order valence-corrected chi connectivity index (χ0v) is 9.70. The summed E-state index contributed by atoms with van der Waals surface area (Å²) in [6.07, 6.45) is 3.58. The second-order valence-electron chi connectivity index (χ2n) is 4.17. The zero-order valence-electron chi connectivity index (χ0n) is 9.70. The molecular formula is C10H13N5O2. The monoisotopic (exact) mass is 235 g/mol. The van der Waals surface area contributed by atoms with E-state index in [4.69, 9.17) is 4.74 Å². The highest BCUT2D eigenvalue weighted by molar-refractivity contribution is 5.26. The third kappa shape index (κ3) is 1.78. The van der Waals surface area contributed by atoms with Gasteiger partial charge in [0.25, 0.3) is 0 Å². The van der Waals surface area contributed by atoms with E-state index in [-0.39, 0.29) is 11.8 Å². The molecule has 90 valence electrons. The Labute approximate surface area is 97.2 Å². The first-order valence-corrected chi connectivity index (χ1v) is 5.42. The minimum Gasteiger partial charge on any atom is -0.371 e. The highest BCUT2D eigenvalue weighted by Gasteiger charge is 2.25. The van der Waals surface area contributed by atoms with Gasteiger partial charge in [-0.25, -0.2) is 14.0 Å². The van der Waals surface area contributed by atoms with Gasteiger partial charge < -0.3 is 4.74 Å². The molecule has 0 N–H and O–H groups in total. The largest absolute Gasteiger partial charge is 0.371 e. The molecule has 0 saturated carbocycles.